The van der Waals surface area contributed by atoms with Gasteiger partial charge in [-0.25, -0.2) is 0 Å². The average molecular weight is 309 g/mol. The molecule has 2 rings (SSSR count). The van der Waals surface area contributed by atoms with Gasteiger partial charge in [-0.05, 0) is 35.0 Å². The van der Waals surface area contributed by atoms with Crippen molar-refractivity contribution >= 4 is 38.4 Å². The highest BCUT2D eigenvalue weighted by atomic mass is 79.9. The molecule has 0 aliphatic heterocycles. The van der Waals surface area contributed by atoms with Crippen molar-refractivity contribution in [3.05, 3.63) is 34.9 Å². The van der Waals surface area contributed by atoms with Crippen molar-refractivity contribution in [1.82, 2.24) is 4.98 Å². The third-order valence-corrected chi connectivity index (χ3v) is 3.04. The van der Waals surface area contributed by atoms with Crippen molar-refractivity contribution in [3.63, 3.8) is 0 Å². The Morgan fingerprint density at radius 3 is 3.06 bits per heavy atom. The number of fused-ring (bicyclic) bond motifs is 1. The topological polar surface area (TPSA) is 83.5 Å². The lowest BCUT2D eigenvalue weighted by Gasteiger charge is -2.15. The summed E-state index contributed by atoms with van der Waals surface area (Å²) in [4.78, 5) is 4.37. The van der Waals surface area contributed by atoms with Crippen LogP contribution in [0.4, 0.5) is 5.69 Å². The Balaban J connectivity index is 2.40. The van der Waals surface area contributed by atoms with Crippen molar-refractivity contribution in [1.29, 1.82) is 0 Å². The van der Waals surface area contributed by atoms with Gasteiger partial charge in [-0.2, -0.15) is 0 Å². The van der Waals surface area contributed by atoms with Crippen LogP contribution in [0.2, 0.25) is 0 Å². The maximum absolute atomic E-state index is 8.63. The second-order valence-corrected chi connectivity index (χ2v) is 4.84. The minimum absolute atomic E-state index is 0.129. The number of pyridine rings is 1. The Morgan fingerprint density at radius 1 is 1.56 bits per heavy atom. The van der Waals surface area contributed by atoms with Crippen molar-refractivity contribution in [3.8, 4) is 0 Å². The molecule has 5 nitrogen and oxygen atoms in total. The quantitative estimate of drug-likeness (QED) is 0.352. The van der Waals surface area contributed by atoms with Crippen molar-refractivity contribution < 1.29 is 5.21 Å². The molecule has 18 heavy (non-hydrogen) atoms. The molecule has 0 saturated carbocycles. The van der Waals surface area contributed by atoms with E-state index in [2.05, 4.69) is 31.4 Å². The van der Waals surface area contributed by atoms with E-state index in [0.29, 0.717) is 0 Å². The van der Waals surface area contributed by atoms with E-state index in [-0.39, 0.29) is 11.9 Å². The number of halogens is 1. The molecule has 0 aliphatic carbocycles. The Morgan fingerprint density at radius 2 is 2.33 bits per heavy atom. The molecule has 0 spiro atoms. The number of oxime groups is 1. The molecule has 0 aliphatic rings. The molecule has 1 aromatic heterocycles. The van der Waals surface area contributed by atoms with Crippen LogP contribution < -0.4 is 11.1 Å². The zero-order valence-electron chi connectivity index (χ0n) is 9.76. The molecule has 6 heteroatoms. The van der Waals surface area contributed by atoms with Gasteiger partial charge in [0.25, 0.3) is 0 Å². The van der Waals surface area contributed by atoms with Gasteiger partial charge in [-0.3, -0.25) is 4.98 Å². The van der Waals surface area contributed by atoms with Crippen LogP contribution in [0.1, 0.15) is 6.92 Å². The van der Waals surface area contributed by atoms with Gasteiger partial charge in [0.2, 0.25) is 0 Å². The fourth-order valence-electron chi connectivity index (χ4n) is 1.64. The maximum Gasteiger partial charge on any atom is 0.161 e. The van der Waals surface area contributed by atoms with Gasteiger partial charge in [0, 0.05) is 16.1 Å². The summed E-state index contributed by atoms with van der Waals surface area (Å²) >= 11 is 3.39. The number of nitrogens with two attached hydrogens (primary N) is 1. The Bertz CT molecular complexity index is 600. The third-order valence-electron chi connectivity index (χ3n) is 2.61. The first-order valence-corrected chi connectivity index (χ1v) is 6.19. The van der Waals surface area contributed by atoms with E-state index in [0.717, 1.165) is 21.1 Å². The number of para-hydroxylation sites is 1. The molecule has 94 valence electrons. The summed E-state index contributed by atoms with van der Waals surface area (Å²) in [6, 6.07) is 7.53. The number of aromatic nitrogens is 1. The molecule has 1 heterocycles. The van der Waals surface area contributed by atoms with Gasteiger partial charge in [-0.1, -0.05) is 17.3 Å². The average Bonchev–Trinajstić information content (AvgIpc) is 2.37. The highest BCUT2D eigenvalue weighted by Gasteiger charge is 2.09. The number of rotatable bonds is 3. The van der Waals surface area contributed by atoms with E-state index >= 15 is 0 Å². The highest BCUT2D eigenvalue weighted by Crippen LogP contribution is 2.24. The molecule has 0 radical (unpaired) electrons. The molecule has 1 atom stereocenters. The van der Waals surface area contributed by atoms with Crippen LogP contribution in [0, 0.1) is 0 Å². The first-order valence-electron chi connectivity index (χ1n) is 5.40. The van der Waals surface area contributed by atoms with Crippen LogP contribution in [0.15, 0.2) is 40.1 Å². The molecule has 1 unspecified atom stereocenters. The van der Waals surface area contributed by atoms with Crippen molar-refractivity contribution in [2.45, 2.75) is 13.0 Å². The van der Waals surface area contributed by atoms with Crippen LogP contribution in [-0.2, 0) is 0 Å². The predicted octanol–water partition coefficient (Wildman–Crippen LogP) is 2.54. The Kier molecular flexibility index (Phi) is 3.66. The van der Waals surface area contributed by atoms with E-state index in [1.165, 1.54) is 0 Å². The first kappa shape index (κ1) is 12.6. The van der Waals surface area contributed by atoms with E-state index in [1.54, 1.807) is 6.20 Å². The monoisotopic (exact) mass is 308 g/mol. The zero-order chi connectivity index (χ0) is 13.1. The lowest BCUT2D eigenvalue weighted by molar-refractivity contribution is 0.316. The van der Waals surface area contributed by atoms with Gasteiger partial charge in [0.05, 0.1) is 17.2 Å². The number of nitrogens with one attached hydrogen (secondary N) is 1. The Labute approximate surface area is 113 Å². The fraction of sp³-hybridized carbons (Fsp3) is 0.167. The van der Waals surface area contributed by atoms with Crippen LogP contribution in [0.25, 0.3) is 10.9 Å². The predicted molar refractivity (Wildman–Crippen MR) is 75.9 cm³/mol. The first-order chi connectivity index (χ1) is 8.61. The molecule has 1 aromatic carbocycles. The van der Waals surface area contributed by atoms with Crippen LogP contribution in [0.3, 0.4) is 0 Å². The molecule has 0 amide bonds. The summed E-state index contributed by atoms with van der Waals surface area (Å²) in [6.45, 7) is 1.81. The van der Waals surface area contributed by atoms with Gasteiger partial charge in [-0.15, -0.1) is 0 Å². The summed E-state index contributed by atoms with van der Waals surface area (Å²) < 4.78 is 0.927. The van der Waals surface area contributed by atoms with Gasteiger partial charge >= 0.3 is 0 Å². The number of anilines is 1. The summed E-state index contributed by atoms with van der Waals surface area (Å²) in [7, 11) is 0. The summed E-state index contributed by atoms with van der Waals surface area (Å²) in [5, 5.41) is 15.8. The normalized spacial score (nSPS) is 13.6. The molecule has 0 bridgehead atoms. The molecule has 0 saturated heterocycles. The van der Waals surface area contributed by atoms with Crippen molar-refractivity contribution in [2.75, 3.05) is 5.32 Å². The summed E-state index contributed by atoms with van der Waals surface area (Å²) in [5.74, 6) is 0.129. The number of hydrogen-bond donors (Lipinski definition) is 3. The standard InChI is InChI=1S/C12H13BrN4O/c1-7(12(14)17-18)16-10-4-2-3-8-5-9(13)6-15-11(8)10/h2-7,16,18H,1H3,(H2,14,17). The highest BCUT2D eigenvalue weighted by molar-refractivity contribution is 9.10. The second-order valence-electron chi connectivity index (χ2n) is 3.92. The molecule has 4 N–H and O–H groups in total. The van der Waals surface area contributed by atoms with Gasteiger partial charge in [0.1, 0.15) is 0 Å². The molecular weight excluding hydrogens is 296 g/mol. The van der Waals surface area contributed by atoms with Crippen molar-refractivity contribution in [2.24, 2.45) is 10.9 Å². The lowest BCUT2D eigenvalue weighted by atomic mass is 10.1. The number of nitrogens with zero attached hydrogens (tertiary/aromatic N) is 2. The SMILES string of the molecule is CC(Nc1cccc2cc(Br)cnc12)/C(N)=N/O. The van der Waals surface area contributed by atoms with Crippen LogP contribution in [-0.4, -0.2) is 22.1 Å². The van der Waals surface area contributed by atoms with E-state index < -0.39 is 0 Å². The lowest BCUT2D eigenvalue weighted by Crippen LogP contribution is -2.32. The summed E-state index contributed by atoms with van der Waals surface area (Å²) in [6.07, 6.45) is 1.74. The minimum Gasteiger partial charge on any atom is -0.409 e. The van der Waals surface area contributed by atoms with E-state index in [4.69, 9.17) is 10.9 Å². The van der Waals surface area contributed by atoms with Crippen LogP contribution >= 0.6 is 15.9 Å². The number of amidine groups is 1. The largest absolute Gasteiger partial charge is 0.409 e. The minimum atomic E-state index is -0.272. The van der Waals surface area contributed by atoms with Gasteiger partial charge < -0.3 is 16.3 Å². The smallest absolute Gasteiger partial charge is 0.161 e. The molecule has 0 fully saturated rings. The molecular formula is C12H13BrN4O. The van der Waals surface area contributed by atoms with Gasteiger partial charge in [0.15, 0.2) is 5.84 Å². The third kappa shape index (κ3) is 2.53. The number of hydrogen-bond acceptors (Lipinski definition) is 4. The summed E-state index contributed by atoms with van der Waals surface area (Å²) in [5.41, 5.74) is 7.23. The number of benzene rings is 1. The fourth-order valence-corrected chi connectivity index (χ4v) is 1.99. The van der Waals surface area contributed by atoms with E-state index in [1.807, 2.05) is 31.2 Å². The second kappa shape index (κ2) is 5.22. The van der Waals surface area contributed by atoms with E-state index in [9.17, 15) is 0 Å². The zero-order valence-corrected chi connectivity index (χ0v) is 11.3. The Hall–Kier alpha value is -1.82. The molecule has 2 aromatic rings. The van der Waals surface area contributed by atoms with Crippen LogP contribution in [0.5, 0.6) is 0 Å². The maximum atomic E-state index is 8.63.